The molecule has 0 radical (unpaired) electrons. The summed E-state index contributed by atoms with van der Waals surface area (Å²) in [5.74, 6) is -2.98. The lowest BCUT2D eigenvalue weighted by molar-refractivity contribution is -0.137. The SMILES string of the molecule is C=C(NCC)Nc1c(F)ccc(NC(=O)c2cc(-n3cc(C)cn3)cc(C(F)(F)F)c2)c1F. The summed E-state index contributed by atoms with van der Waals surface area (Å²) in [5.41, 5.74) is -1.78. The van der Waals surface area contributed by atoms with Crippen LogP contribution >= 0.6 is 0 Å². The molecule has 174 valence electrons. The van der Waals surface area contributed by atoms with Crippen LogP contribution < -0.4 is 16.0 Å². The molecule has 0 saturated carbocycles. The van der Waals surface area contributed by atoms with Gasteiger partial charge in [-0.1, -0.05) is 6.58 Å². The van der Waals surface area contributed by atoms with E-state index in [0.717, 1.165) is 18.2 Å². The zero-order valence-electron chi connectivity index (χ0n) is 17.6. The fourth-order valence-corrected chi connectivity index (χ4v) is 2.96. The molecule has 1 heterocycles. The molecule has 1 aromatic heterocycles. The zero-order chi connectivity index (χ0) is 24.3. The van der Waals surface area contributed by atoms with Crippen LogP contribution in [-0.4, -0.2) is 22.2 Å². The number of rotatable bonds is 7. The quantitative estimate of drug-likeness (QED) is 0.419. The Morgan fingerprint density at radius 2 is 1.88 bits per heavy atom. The van der Waals surface area contributed by atoms with Gasteiger partial charge in [0.05, 0.1) is 29.0 Å². The molecule has 2 aromatic carbocycles. The number of halogens is 5. The fourth-order valence-electron chi connectivity index (χ4n) is 2.96. The number of anilines is 2. The summed E-state index contributed by atoms with van der Waals surface area (Å²) in [6.45, 7) is 7.48. The summed E-state index contributed by atoms with van der Waals surface area (Å²) >= 11 is 0. The van der Waals surface area contributed by atoms with Crippen LogP contribution in [0.4, 0.5) is 33.3 Å². The number of nitrogens with one attached hydrogen (secondary N) is 3. The van der Waals surface area contributed by atoms with E-state index in [-0.39, 0.29) is 17.1 Å². The fraction of sp³-hybridized carbons (Fsp3) is 0.182. The van der Waals surface area contributed by atoms with E-state index in [0.29, 0.717) is 18.2 Å². The predicted octanol–water partition coefficient (Wildman–Crippen LogP) is 5.22. The summed E-state index contributed by atoms with van der Waals surface area (Å²) in [4.78, 5) is 12.7. The summed E-state index contributed by atoms with van der Waals surface area (Å²) in [6.07, 6.45) is -1.80. The number of hydrogen-bond donors (Lipinski definition) is 3. The van der Waals surface area contributed by atoms with Crippen molar-refractivity contribution in [3.8, 4) is 5.69 Å². The normalized spacial score (nSPS) is 11.2. The highest BCUT2D eigenvalue weighted by Gasteiger charge is 2.32. The Hall–Kier alpha value is -3.89. The predicted molar refractivity (Wildman–Crippen MR) is 114 cm³/mol. The molecule has 0 atom stereocenters. The molecule has 0 fully saturated rings. The molecule has 6 nitrogen and oxygen atoms in total. The van der Waals surface area contributed by atoms with E-state index in [4.69, 9.17) is 0 Å². The highest BCUT2D eigenvalue weighted by atomic mass is 19.4. The lowest BCUT2D eigenvalue weighted by Gasteiger charge is -2.15. The molecule has 0 unspecified atom stereocenters. The lowest BCUT2D eigenvalue weighted by atomic mass is 10.1. The smallest absolute Gasteiger partial charge is 0.372 e. The number of carbonyl (C=O) groups excluding carboxylic acids is 1. The van der Waals surface area contributed by atoms with E-state index in [9.17, 15) is 26.7 Å². The molecule has 0 saturated heterocycles. The van der Waals surface area contributed by atoms with Crippen molar-refractivity contribution >= 4 is 17.3 Å². The molecule has 0 aliphatic rings. The van der Waals surface area contributed by atoms with Gasteiger partial charge in [0.15, 0.2) is 5.82 Å². The second-order valence-corrected chi connectivity index (χ2v) is 7.10. The van der Waals surface area contributed by atoms with Gasteiger partial charge in [-0.3, -0.25) is 4.79 Å². The van der Waals surface area contributed by atoms with Crippen LogP contribution in [-0.2, 0) is 6.18 Å². The van der Waals surface area contributed by atoms with Gasteiger partial charge >= 0.3 is 6.18 Å². The molecule has 0 spiro atoms. The standard InChI is InChI=1S/C22H20F5N5O/c1-4-28-13(3)30-20-17(23)5-6-18(19(20)24)31-21(33)14-7-15(22(25,26)27)9-16(8-14)32-11-12(2)10-29-32/h5-11,28,30H,3-4H2,1-2H3,(H,31,33). The maximum Gasteiger partial charge on any atom is 0.416 e. The number of alkyl halides is 3. The first kappa shape index (κ1) is 23.8. The number of carbonyl (C=O) groups is 1. The first-order valence-corrected chi connectivity index (χ1v) is 9.72. The van der Waals surface area contributed by atoms with Gasteiger partial charge in [0.1, 0.15) is 11.5 Å². The monoisotopic (exact) mass is 465 g/mol. The average molecular weight is 465 g/mol. The van der Waals surface area contributed by atoms with E-state index < -0.39 is 40.7 Å². The van der Waals surface area contributed by atoms with Gasteiger partial charge in [0.2, 0.25) is 0 Å². The van der Waals surface area contributed by atoms with Crippen molar-refractivity contribution in [1.82, 2.24) is 15.1 Å². The average Bonchev–Trinajstić information content (AvgIpc) is 3.18. The molecule has 33 heavy (non-hydrogen) atoms. The van der Waals surface area contributed by atoms with Crippen molar-refractivity contribution in [2.75, 3.05) is 17.2 Å². The number of nitrogens with zero attached hydrogens (tertiary/aromatic N) is 2. The zero-order valence-corrected chi connectivity index (χ0v) is 17.6. The minimum absolute atomic E-state index is 0.00746. The third-order valence-corrected chi connectivity index (χ3v) is 4.49. The van der Waals surface area contributed by atoms with Gasteiger partial charge in [-0.05, 0) is 49.7 Å². The molecule has 0 aliphatic carbocycles. The molecule has 3 rings (SSSR count). The van der Waals surface area contributed by atoms with Crippen LogP contribution in [0.5, 0.6) is 0 Å². The van der Waals surface area contributed by atoms with Crippen molar-refractivity contribution in [3.63, 3.8) is 0 Å². The van der Waals surface area contributed by atoms with E-state index in [1.165, 1.54) is 23.1 Å². The summed E-state index contributed by atoms with van der Waals surface area (Å²) < 4.78 is 70.4. The van der Waals surface area contributed by atoms with Gasteiger partial charge in [0, 0.05) is 18.3 Å². The molecule has 0 aliphatic heterocycles. The number of hydrogen-bond acceptors (Lipinski definition) is 4. The number of aryl methyl sites for hydroxylation is 1. The molecule has 3 aromatic rings. The van der Waals surface area contributed by atoms with E-state index in [1.54, 1.807) is 13.8 Å². The summed E-state index contributed by atoms with van der Waals surface area (Å²) in [5, 5.41) is 11.3. The molecule has 11 heteroatoms. The van der Waals surface area contributed by atoms with Crippen LogP contribution in [0.15, 0.2) is 55.1 Å². The van der Waals surface area contributed by atoms with Crippen molar-refractivity contribution in [2.24, 2.45) is 0 Å². The number of amides is 1. The Morgan fingerprint density at radius 3 is 2.48 bits per heavy atom. The van der Waals surface area contributed by atoms with Crippen LogP contribution in [0.25, 0.3) is 5.69 Å². The van der Waals surface area contributed by atoms with Gasteiger partial charge in [0.25, 0.3) is 5.91 Å². The number of aromatic nitrogens is 2. The van der Waals surface area contributed by atoms with Crippen LogP contribution in [0.3, 0.4) is 0 Å². The van der Waals surface area contributed by atoms with E-state index >= 15 is 0 Å². The van der Waals surface area contributed by atoms with Gasteiger partial charge in [-0.25, -0.2) is 13.5 Å². The Labute approximate surface area is 186 Å². The van der Waals surface area contributed by atoms with Crippen molar-refractivity contribution in [2.45, 2.75) is 20.0 Å². The van der Waals surface area contributed by atoms with E-state index in [1.807, 2.05) is 0 Å². The largest absolute Gasteiger partial charge is 0.416 e. The summed E-state index contributed by atoms with van der Waals surface area (Å²) in [7, 11) is 0. The highest BCUT2D eigenvalue weighted by Crippen LogP contribution is 2.32. The maximum atomic E-state index is 14.8. The molecule has 0 bridgehead atoms. The van der Waals surface area contributed by atoms with Crippen LogP contribution in [0, 0.1) is 18.6 Å². The minimum atomic E-state index is -4.74. The third-order valence-electron chi connectivity index (χ3n) is 4.49. The maximum absolute atomic E-state index is 14.8. The molecular weight excluding hydrogens is 445 g/mol. The second kappa shape index (κ2) is 9.31. The Kier molecular flexibility index (Phi) is 6.70. The van der Waals surface area contributed by atoms with Crippen LogP contribution in [0.1, 0.15) is 28.4 Å². The topological polar surface area (TPSA) is 71.0 Å². The van der Waals surface area contributed by atoms with Gasteiger partial charge in [-0.15, -0.1) is 0 Å². The van der Waals surface area contributed by atoms with Crippen molar-refractivity contribution in [3.05, 3.63) is 83.5 Å². The Morgan fingerprint density at radius 1 is 1.15 bits per heavy atom. The summed E-state index contributed by atoms with van der Waals surface area (Å²) in [6, 6.07) is 4.54. The van der Waals surface area contributed by atoms with Crippen molar-refractivity contribution in [1.29, 1.82) is 0 Å². The first-order valence-electron chi connectivity index (χ1n) is 9.72. The first-order chi connectivity index (χ1) is 15.5. The second-order valence-electron chi connectivity index (χ2n) is 7.10. The van der Waals surface area contributed by atoms with Gasteiger partial charge < -0.3 is 16.0 Å². The van der Waals surface area contributed by atoms with E-state index in [2.05, 4.69) is 27.6 Å². The molecule has 3 N–H and O–H groups in total. The minimum Gasteiger partial charge on any atom is -0.372 e. The molecular formula is C22H20F5N5O. The molecule has 1 amide bonds. The van der Waals surface area contributed by atoms with Crippen molar-refractivity contribution < 1.29 is 26.7 Å². The Bertz CT molecular complexity index is 1200. The highest BCUT2D eigenvalue weighted by molar-refractivity contribution is 6.05. The number of benzene rings is 2. The lowest BCUT2D eigenvalue weighted by Crippen LogP contribution is -2.20. The van der Waals surface area contributed by atoms with Gasteiger partial charge in [-0.2, -0.15) is 18.3 Å². The third kappa shape index (κ3) is 5.48. The van der Waals surface area contributed by atoms with Crippen LogP contribution in [0.2, 0.25) is 0 Å². The Balaban J connectivity index is 1.97.